The lowest BCUT2D eigenvalue weighted by Gasteiger charge is -2.22. The van der Waals surface area contributed by atoms with Crippen LogP contribution in [-0.4, -0.2) is 23.8 Å². The maximum atomic E-state index is 10.9. The van der Waals surface area contributed by atoms with E-state index >= 15 is 0 Å². The molecule has 0 saturated heterocycles. The lowest BCUT2D eigenvalue weighted by Crippen LogP contribution is -2.39. The molecule has 5 heteroatoms. The van der Waals surface area contributed by atoms with E-state index in [1.165, 1.54) is 0 Å². The van der Waals surface area contributed by atoms with Crippen LogP contribution in [0.1, 0.15) is 19.4 Å². The largest absolute Gasteiger partial charge is 0.465 e. The highest BCUT2D eigenvalue weighted by molar-refractivity contribution is 14.1. The lowest BCUT2D eigenvalue weighted by atomic mass is 9.95. The van der Waals surface area contributed by atoms with Crippen molar-refractivity contribution in [2.24, 2.45) is 5.92 Å². The van der Waals surface area contributed by atoms with Crippen molar-refractivity contribution in [1.29, 1.82) is 0 Å². The lowest BCUT2D eigenvalue weighted by molar-refractivity contribution is 0.147. The molecule has 0 saturated carbocycles. The van der Waals surface area contributed by atoms with Crippen molar-refractivity contribution in [3.05, 3.63) is 57.7 Å². The van der Waals surface area contributed by atoms with Gasteiger partial charge in [-0.2, -0.15) is 0 Å². The van der Waals surface area contributed by atoms with Crippen LogP contribution in [0.25, 0.3) is 0 Å². The van der Waals surface area contributed by atoms with Gasteiger partial charge in [-0.05, 0) is 22.5 Å². The number of ether oxygens (including phenoxy) is 1. The van der Waals surface area contributed by atoms with Gasteiger partial charge in [-0.25, -0.2) is 4.79 Å². The molecular formula is C17H22INO3. The monoisotopic (exact) mass is 415 g/mol. The highest BCUT2D eigenvalue weighted by Crippen LogP contribution is 2.15. The summed E-state index contributed by atoms with van der Waals surface area (Å²) in [6.45, 7) is 4.91. The van der Waals surface area contributed by atoms with Crippen LogP contribution in [0.4, 0.5) is 4.79 Å². The molecule has 4 nitrogen and oxygen atoms in total. The summed E-state index contributed by atoms with van der Waals surface area (Å²) in [5.41, 5.74) is 2.08. The van der Waals surface area contributed by atoms with Crippen LogP contribution in [0.3, 0.4) is 0 Å². The summed E-state index contributed by atoms with van der Waals surface area (Å²) in [5, 5.41) is 11.5. The summed E-state index contributed by atoms with van der Waals surface area (Å²) in [7, 11) is 0. The van der Waals surface area contributed by atoms with Gasteiger partial charge < -0.3 is 15.2 Å². The summed E-state index contributed by atoms with van der Waals surface area (Å²) >= 11 is 2.13. The molecule has 0 fully saturated rings. The molecule has 1 rings (SSSR count). The molecule has 0 aromatic heterocycles. The smallest absolute Gasteiger partial charge is 0.405 e. The second-order valence-corrected chi connectivity index (χ2v) is 5.77. The normalized spacial score (nSPS) is 14.8. The van der Waals surface area contributed by atoms with Gasteiger partial charge in [-0.1, -0.05) is 77.6 Å². The van der Waals surface area contributed by atoms with E-state index in [1.54, 1.807) is 0 Å². The molecule has 0 aliphatic heterocycles. The number of amides is 1. The van der Waals surface area contributed by atoms with Gasteiger partial charge >= 0.3 is 6.09 Å². The third-order valence-corrected chi connectivity index (χ3v) is 3.72. The molecule has 22 heavy (non-hydrogen) atoms. The van der Waals surface area contributed by atoms with Gasteiger partial charge in [0.15, 0.2) is 0 Å². The number of halogens is 1. The van der Waals surface area contributed by atoms with Crippen molar-refractivity contribution in [3.8, 4) is 0 Å². The fourth-order valence-electron chi connectivity index (χ4n) is 2.09. The Morgan fingerprint density at radius 2 is 2.09 bits per heavy atom. The van der Waals surface area contributed by atoms with Crippen LogP contribution in [0.15, 0.2) is 52.1 Å². The Morgan fingerprint density at radius 3 is 2.68 bits per heavy atom. The number of rotatable bonds is 8. The van der Waals surface area contributed by atoms with Crippen molar-refractivity contribution in [1.82, 2.24) is 5.32 Å². The van der Waals surface area contributed by atoms with Crippen LogP contribution in [-0.2, 0) is 11.3 Å². The molecule has 0 radical (unpaired) electrons. The van der Waals surface area contributed by atoms with Crippen molar-refractivity contribution in [2.45, 2.75) is 26.5 Å². The van der Waals surface area contributed by atoms with E-state index in [0.717, 1.165) is 11.1 Å². The zero-order valence-corrected chi connectivity index (χ0v) is 15.0. The molecule has 120 valence electrons. The van der Waals surface area contributed by atoms with Crippen LogP contribution < -0.4 is 5.32 Å². The second kappa shape index (κ2) is 10.4. The first-order valence-corrected chi connectivity index (χ1v) is 8.33. The first-order valence-electron chi connectivity index (χ1n) is 7.09. The third-order valence-electron chi connectivity index (χ3n) is 3.31. The summed E-state index contributed by atoms with van der Waals surface area (Å²) < 4.78 is 7.52. The number of hydrogen-bond acceptors (Lipinski definition) is 2. The van der Waals surface area contributed by atoms with Gasteiger partial charge in [0.05, 0.1) is 19.3 Å². The molecular weight excluding hydrogens is 393 g/mol. The summed E-state index contributed by atoms with van der Waals surface area (Å²) in [6.07, 6.45) is 2.89. The van der Waals surface area contributed by atoms with Crippen LogP contribution in [0.5, 0.6) is 0 Å². The van der Waals surface area contributed by atoms with Crippen molar-refractivity contribution < 1.29 is 14.6 Å². The summed E-state index contributed by atoms with van der Waals surface area (Å²) in [6, 6.07) is 9.70. The van der Waals surface area contributed by atoms with E-state index in [1.807, 2.05) is 60.4 Å². The van der Waals surface area contributed by atoms with E-state index < -0.39 is 6.09 Å². The highest BCUT2D eigenvalue weighted by Gasteiger charge is 2.18. The molecule has 0 heterocycles. The van der Waals surface area contributed by atoms with E-state index in [0.29, 0.717) is 13.2 Å². The van der Waals surface area contributed by atoms with Gasteiger partial charge in [0, 0.05) is 0 Å². The van der Waals surface area contributed by atoms with E-state index in [4.69, 9.17) is 9.84 Å². The van der Waals surface area contributed by atoms with E-state index in [-0.39, 0.29) is 12.0 Å². The van der Waals surface area contributed by atoms with Gasteiger partial charge in [-0.3, -0.25) is 0 Å². The topological polar surface area (TPSA) is 58.6 Å². The molecule has 1 amide bonds. The predicted octanol–water partition coefficient (Wildman–Crippen LogP) is 4.37. The minimum absolute atomic E-state index is 0.0818. The standard InChI is InChI=1S/C17H22INO3/c1-13(8-10-18)16(19-17(20)21)14(2)9-11-22-12-15-6-4-3-5-7-15/h3-10,13,16,19H,11-12H2,1-2H3,(H,20,21)/t13-,16-/m0/s1. The Labute approximate surface area is 145 Å². The van der Waals surface area contributed by atoms with Gasteiger partial charge in [-0.15, -0.1) is 0 Å². The average molecular weight is 415 g/mol. The number of hydrogen-bond donors (Lipinski definition) is 2. The Bertz CT molecular complexity index is 514. The number of nitrogens with one attached hydrogen (secondary N) is 1. The number of carbonyl (C=O) groups is 1. The van der Waals surface area contributed by atoms with Crippen molar-refractivity contribution >= 4 is 28.7 Å². The predicted molar refractivity (Wildman–Crippen MR) is 97.1 cm³/mol. The molecule has 0 bridgehead atoms. The second-order valence-electron chi connectivity index (χ2n) is 5.05. The Morgan fingerprint density at radius 1 is 1.41 bits per heavy atom. The Hall–Kier alpha value is -1.34. The van der Waals surface area contributed by atoms with Crippen LogP contribution >= 0.6 is 22.6 Å². The first-order chi connectivity index (χ1) is 10.5. The summed E-state index contributed by atoms with van der Waals surface area (Å²) in [4.78, 5) is 10.9. The molecule has 0 unspecified atom stereocenters. The maximum absolute atomic E-state index is 10.9. The molecule has 2 atom stereocenters. The Balaban J connectivity index is 2.56. The Kier molecular flexibility index (Phi) is 8.84. The number of benzene rings is 1. The molecule has 0 aliphatic carbocycles. The SMILES string of the molecule is CC(=CCOCc1ccccc1)[C@@H](NC(=O)O)[C@@H](C)C=CI. The van der Waals surface area contributed by atoms with Gasteiger partial charge in [0.1, 0.15) is 0 Å². The minimum atomic E-state index is -1.02. The zero-order chi connectivity index (χ0) is 16.4. The fourth-order valence-corrected chi connectivity index (χ4v) is 2.74. The van der Waals surface area contributed by atoms with E-state index in [2.05, 4.69) is 27.9 Å². The highest BCUT2D eigenvalue weighted by atomic mass is 127. The minimum Gasteiger partial charge on any atom is -0.465 e. The van der Waals surface area contributed by atoms with Crippen molar-refractivity contribution in [2.75, 3.05) is 6.61 Å². The fraction of sp³-hybridized carbons (Fsp3) is 0.353. The molecule has 0 aliphatic rings. The van der Waals surface area contributed by atoms with Crippen LogP contribution in [0, 0.1) is 5.92 Å². The zero-order valence-electron chi connectivity index (χ0n) is 12.8. The van der Waals surface area contributed by atoms with Crippen LogP contribution in [0.2, 0.25) is 0 Å². The number of carboxylic acid groups (broad SMARTS) is 1. The first kappa shape index (κ1) is 18.7. The molecule has 0 spiro atoms. The van der Waals surface area contributed by atoms with Gasteiger partial charge in [0.2, 0.25) is 0 Å². The van der Waals surface area contributed by atoms with Gasteiger partial charge in [0.25, 0.3) is 0 Å². The summed E-state index contributed by atoms with van der Waals surface area (Å²) in [5.74, 6) is 0.0818. The van der Waals surface area contributed by atoms with Crippen molar-refractivity contribution in [3.63, 3.8) is 0 Å². The molecule has 2 N–H and O–H groups in total. The maximum Gasteiger partial charge on any atom is 0.405 e. The quantitative estimate of drug-likeness (QED) is 0.377. The van der Waals surface area contributed by atoms with E-state index in [9.17, 15) is 4.79 Å². The molecule has 1 aromatic rings. The average Bonchev–Trinajstić information content (AvgIpc) is 2.50. The third kappa shape index (κ3) is 7.09. The molecule has 1 aromatic carbocycles.